The van der Waals surface area contributed by atoms with Crippen molar-refractivity contribution in [3.05, 3.63) is 18.1 Å². The van der Waals surface area contributed by atoms with Crippen molar-refractivity contribution < 1.29 is 4.74 Å². The van der Waals surface area contributed by atoms with E-state index in [-0.39, 0.29) is 4.99 Å². The van der Waals surface area contributed by atoms with E-state index in [0.29, 0.717) is 11.8 Å². The van der Waals surface area contributed by atoms with E-state index in [9.17, 15) is 0 Å². The van der Waals surface area contributed by atoms with Crippen LogP contribution in [0.15, 0.2) is 12.4 Å². The Kier molecular flexibility index (Phi) is 4.43. The van der Waals surface area contributed by atoms with Gasteiger partial charge in [-0.3, -0.25) is 0 Å². The van der Waals surface area contributed by atoms with Gasteiger partial charge in [0, 0.05) is 19.7 Å². The van der Waals surface area contributed by atoms with Crippen molar-refractivity contribution in [1.82, 2.24) is 9.97 Å². The molecule has 98 valence electrons. The monoisotopic (exact) mass is 266 g/mol. The van der Waals surface area contributed by atoms with E-state index in [4.69, 9.17) is 22.7 Å². The molecule has 2 N–H and O–H groups in total. The molecule has 0 atom stereocenters. The van der Waals surface area contributed by atoms with Gasteiger partial charge in [0.05, 0.1) is 18.5 Å². The highest BCUT2D eigenvalue weighted by Gasteiger charge is 2.20. The topological polar surface area (TPSA) is 64.3 Å². The normalized spacial score (nSPS) is 16.8. The molecule has 1 saturated heterocycles. The lowest BCUT2D eigenvalue weighted by Gasteiger charge is -2.32. The summed E-state index contributed by atoms with van der Waals surface area (Å²) >= 11 is 4.85. The van der Waals surface area contributed by atoms with Crippen molar-refractivity contribution in [2.24, 2.45) is 5.73 Å². The molecule has 2 rings (SSSR count). The molecule has 0 spiro atoms. The molecule has 1 aromatic heterocycles. The highest BCUT2D eigenvalue weighted by atomic mass is 32.1. The molecule has 1 fully saturated rings. The summed E-state index contributed by atoms with van der Waals surface area (Å²) in [4.78, 5) is 11.1. The smallest absolute Gasteiger partial charge is 0.147 e. The highest BCUT2D eigenvalue weighted by Crippen LogP contribution is 2.18. The van der Waals surface area contributed by atoms with Crippen LogP contribution >= 0.6 is 12.2 Å². The van der Waals surface area contributed by atoms with E-state index in [1.54, 1.807) is 12.4 Å². The summed E-state index contributed by atoms with van der Waals surface area (Å²) in [6.45, 7) is 4.72. The fourth-order valence-electron chi connectivity index (χ4n) is 2.10. The van der Waals surface area contributed by atoms with E-state index in [1.165, 1.54) is 0 Å². The van der Waals surface area contributed by atoms with Gasteiger partial charge in [0.25, 0.3) is 0 Å². The van der Waals surface area contributed by atoms with Crippen molar-refractivity contribution in [3.63, 3.8) is 0 Å². The van der Waals surface area contributed by atoms with Crippen LogP contribution in [0.3, 0.4) is 0 Å². The lowest BCUT2D eigenvalue weighted by Crippen LogP contribution is -2.37. The minimum Gasteiger partial charge on any atom is -0.388 e. The summed E-state index contributed by atoms with van der Waals surface area (Å²) in [6, 6.07) is 0. The number of thiocarbonyl (C=S) groups is 1. The van der Waals surface area contributed by atoms with Gasteiger partial charge in [-0.1, -0.05) is 12.2 Å². The van der Waals surface area contributed by atoms with Crippen LogP contribution in [0.2, 0.25) is 0 Å². The molecule has 18 heavy (non-hydrogen) atoms. The van der Waals surface area contributed by atoms with Crippen LogP contribution in [0, 0.1) is 0 Å². The molecule has 0 unspecified atom stereocenters. The van der Waals surface area contributed by atoms with E-state index < -0.39 is 0 Å². The Morgan fingerprint density at radius 1 is 1.44 bits per heavy atom. The number of hydrogen-bond acceptors (Lipinski definition) is 5. The van der Waals surface area contributed by atoms with Crippen molar-refractivity contribution in [2.45, 2.75) is 25.9 Å². The van der Waals surface area contributed by atoms with Gasteiger partial charge in [-0.05, 0) is 19.8 Å². The van der Waals surface area contributed by atoms with Gasteiger partial charge in [-0.2, -0.15) is 0 Å². The lowest BCUT2D eigenvalue weighted by atomic mass is 10.1. The average molecular weight is 266 g/mol. The summed E-state index contributed by atoms with van der Waals surface area (Å²) < 4.78 is 5.62. The molecule has 0 saturated carbocycles. The number of aromatic nitrogens is 2. The summed E-state index contributed by atoms with van der Waals surface area (Å²) in [5, 5.41) is 0. The minimum absolute atomic E-state index is 0.282. The first kappa shape index (κ1) is 13.2. The van der Waals surface area contributed by atoms with Crippen LogP contribution in [-0.4, -0.2) is 40.8 Å². The number of hydrogen-bond donors (Lipinski definition) is 1. The first-order valence-corrected chi connectivity index (χ1v) is 6.60. The number of rotatable bonds is 4. The van der Waals surface area contributed by atoms with Crippen molar-refractivity contribution >= 4 is 23.0 Å². The maximum Gasteiger partial charge on any atom is 0.147 e. The zero-order valence-corrected chi connectivity index (χ0v) is 11.3. The molecular weight excluding hydrogens is 248 g/mol. The molecule has 0 aliphatic carbocycles. The number of piperidine rings is 1. The third-order valence-corrected chi connectivity index (χ3v) is 3.27. The standard InChI is InChI=1S/C12H18N4OS/c1-2-17-9-3-5-16(6-4-9)11-8-14-10(7-15-11)12(13)18/h7-9H,2-6H2,1H3,(H2,13,18). The molecule has 1 aromatic rings. The Hall–Kier alpha value is -1.27. The van der Waals surface area contributed by atoms with Crippen LogP contribution in [0.5, 0.6) is 0 Å². The second-order valence-corrected chi connectivity index (χ2v) is 4.71. The number of nitrogens with two attached hydrogens (primary N) is 1. The molecule has 2 heterocycles. The molecule has 0 aromatic carbocycles. The van der Waals surface area contributed by atoms with Crippen LogP contribution in [0.25, 0.3) is 0 Å². The van der Waals surface area contributed by atoms with Gasteiger partial charge < -0.3 is 15.4 Å². The van der Waals surface area contributed by atoms with Crippen LogP contribution < -0.4 is 10.6 Å². The van der Waals surface area contributed by atoms with Gasteiger partial charge in [-0.25, -0.2) is 9.97 Å². The molecule has 0 amide bonds. The number of ether oxygens (including phenoxy) is 1. The zero-order valence-electron chi connectivity index (χ0n) is 10.5. The second-order valence-electron chi connectivity index (χ2n) is 4.27. The number of nitrogens with zero attached hydrogens (tertiary/aromatic N) is 3. The minimum atomic E-state index is 0.282. The van der Waals surface area contributed by atoms with Gasteiger partial charge >= 0.3 is 0 Å². The Morgan fingerprint density at radius 2 is 2.17 bits per heavy atom. The summed E-state index contributed by atoms with van der Waals surface area (Å²) in [6.07, 6.45) is 5.82. The molecule has 1 aliphatic rings. The van der Waals surface area contributed by atoms with E-state index in [1.807, 2.05) is 6.92 Å². The predicted octanol–water partition coefficient (Wildman–Crippen LogP) is 1.12. The second kappa shape index (κ2) is 6.06. The molecule has 0 radical (unpaired) electrons. The molecule has 6 heteroatoms. The fraction of sp³-hybridized carbons (Fsp3) is 0.583. The molecular formula is C12H18N4OS. The maximum atomic E-state index is 5.62. The lowest BCUT2D eigenvalue weighted by molar-refractivity contribution is 0.0458. The zero-order chi connectivity index (χ0) is 13.0. The van der Waals surface area contributed by atoms with E-state index in [0.717, 1.165) is 38.4 Å². The van der Waals surface area contributed by atoms with Gasteiger partial charge in [0.2, 0.25) is 0 Å². The third-order valence-electron chi connectivity index (χ3n) is 3.06. The van der Waals surface area contributed by atoms with Gasteiger partial charge in [0.1, 0.15) is 16.5 Å². The molecule has 1 aliphatic heterocycles. The van der Waals surface area contributed by atoms with E-state index >= 15 is 0 Å². The maximum absolute atomic E-state index is 5.62. The van der Waals surface area contributed by atoms with E-state index in [2.05, 4.69) is 14.9 Å². The Balaban J connectivity index is 1.95. The van der Waals surface area contributed by atoms with Gasteiger partial charge in [0.15, 0.2) is 0 Å². The number of anilines is 1. The largest absolute Gasteiger partial charge is 0.388 e. The third kappa shape index (κ3) is 3.14. The molecule has 5 nitrogen and oxygen atoms in total. The average Bonchev–Trinajstić information content (AvgIpc) is 2.40. The predicted molar refractivity (Wildman–Crippen MR) is 74.8 cm³/mol. The highest BCUT2D eigenvalue weighted by molar-refractivity contribution is 7.80. The fourth-order valence-corrected chi connectivity index (χ4v) is 2.20. The first-order valence-electron chi connectivity index (χ1n) is 6.19. The Labute approximate surface area is 112 Å². The molecule has 0 bridgehead atoms. The summed E-state index contributed by atoms with van der Waals surface area (Å²) in [5.74, 6) is 0.880. The van der Waals surface area contributed by atoms with Crippen molar-refractivity contribution in [1.29, 1.82) is 0 Å². The quantitative estimate of drug-likeness (QED) is 0.824. The first-order chi connectivity index (χ1) is 8.70. The van der Waals surface area contributed by atoms with Crippen LogP contribution in [0.1, 0.15) is 25.5 Å². The van der Waals surface area contributed by atoms with Crippen molar-refractivity contribution in [2.75, 3.05) is 24.6 Å². The van der Waals surface area contributed by atoms with Crippen LogP contribution in [-0.2, 0) is 4.74 Å². The Bertz CT molecular complexity index is 401. The Morgan fingerprint density at radius 3 is 2.67 bits per heavy atom. The van der Waals surface area contributed by atoms with Crippen LogP contribution in [0.4, 0.5) is 5.82 Å². The van der Waals surface area contributed by atoms with Gasteiger partial charge in [-0.15, -0.1) is 0 Å². The van der Waals surface area contributed by atoms with Crippen molar-refractivity contribution in [3.8, 4) is 0 Å². The summed E-state index contributed by atoms with van der Waals surface area (Å²) in [5.41, 5.74) is 6.06. The summed E-state index contributed by atoms with van der Waals surface area (Å²) in [7, 11) is 0. The SMILES string of the molecule is CCOC1CCN(c2cnc(C(N)=S)cn2)CC1.